The number of aliphatic hydroxyl groups excluding tert-OH is 1. The summed E-state index contributed by atoms with van der Waals surface area (Å²) >= 11 is 0. The van der Waals surface area contributed by atoms with E-state index in [1.54, 1.807) is 14.0 Å². The van der Waals surface area contributed by atoms with E-state index in [0.717, 1.165) is 18.4 Å². The number of aliphatic hydroxyl groups is 1. The maximum absolute atomic E-state index is 9.76. The van der Waals surface area contributed by atoms with E-state index in [4.69, 9.17) is 9.47 Å². The molecule has 1 aliphatic rings. The molecular formula is C14H20O3. The molecule has 0 spiro atoms. The van der Waals surface area contributed by atoms with Crippen LogP contribution in [0.15, 0.2) is 18.2 Å². The molecule has 0 heterocycles. The van der Waals surface area contributed by atoms with Crippen molar-refractivity contribution in [2.75, 3.05) is 7.11 Å². The van der Waals surface area contributed by atoms with Crippen molar-refractivity contribution >= 4 is 0 Å². The molecule has 1 unspecified atom stereocenters. The minimum Gasteiger partial charge on any atom is -0.493 e. The highest BCUT2D eigenvalue weighted by atomic mass is 16.5. The summed E-state index contributed by atoms with van der Waals surface area (Å²) < 4.78 is 11.3. The van der Waals surface area contributed by atoms with Gasteiger partial charge in [-0.3, -0.25) is 0 Å². The molecule has 0 saturated heterocycles. The zero-order valence-corrected chi connectivity index (χ0v) is 10.5. The summed E-state index contributed by atoms with van der Waals surface area (Å²) in [6, 6.07) is 5.63. The van der Waals surface area contributed by atoms with Crippen LogP contribution in [-0.4, -0.2) is 18.3 Å². The molecule has 3 heteroatoms. The van der Waals surface area contributed by atoms with Crippen molar-refractivity contribution in [3.63, 3.8) is 0 Å². The summed E-state index contributed by atoms with van der Waals surface area (Å²) in [5.41, 5.74) is 0.802. The number of rotatable bonds is 4. The van der Waals surface area contributed by atoms with Gasteiger partial charge in [-0.2, -0.15) is 0 Å². The van der Waals surface area contributed by atoms with Gasteiger partial charge in [-0.1, -0.05) is 12.1 Å². The number of hydrogen-bond acceptors (Lipinski definition) is 3. The summed E-state index contributed by atoms with van der Waals surface area (Å²) in [7, 11) is 1.63. The second-order valence-electron chi connectivity index (χ2n) is 4.58. The Morgan fingerprint density at radius 2 is 2.00 bits per heavy atom. The summed E-state index contributed by atoms with van der Waals surface area (Å²) in [4.78, 5) is 0. The van der Waals surface area contributed by atoms with Gasteiger partial charge in [-0.15, -0.1) is 0 Å². The minimum atomic E-state index is -0.540. The Morgan fingerprint density at radius 3 is 2.59 bits per heavy atom. The second kappa shape index (κ2) is 5.41. The van der Waals surface area contributed by atoms with E-state index in [0.29, 0.717) is 11.5 Å². The molecule has 1 aromatic rings. The van der Waals surface area contributed by atoms with Crippen LogP contribution >= 0.6 is 0 Å². The van der Waals surface area contributed by atoms with Crippen LogP contribution < -0.4 is 9.47 Å². The van der Waals surface area contributed by atoms with E-state index in [1.165, 1.54) is 12.8 Å². The van der Waals surface area contributed by atoms with E-state index in [1.807, 2.05) is 18.2 Å². The van der Waals surface area contributed by atoms with Crippen LogP contribution in [0, 0.1) is 0 Å². The number of hydrogen-bond donors (Lipinski definition) is 1. The lowest BCUT2D eigenvalue weighted by Crippen LogP contribution is -2.13. The van der Waals surface area contributed by atoms with Crippen LogP contribution in [0.2, 0.25) is 0 Å². The van der Waals surface area contributed by atoms with Gasteiger partial charge in [0.2, 0.25) is 0 Å². The van der Waals surface area contributed by atoms with E-state index in [-0.39, 0.29) is 6.10 Å². The van der Waals surface area contributed by atoms with Crippen LogP contribution in [-0.2, 0) is 0 Å². The highest BCUT2D eigenvalue weighted by Gasteiger charge is 2.21. The molecule has 1 aliphatic carbocycles. The van der Waals surface area contributed by atoms with Gasteiger partial charge in [0.15, 0.2) is 11.5 Å². The molecule has 1 N–H and O–H groups in total. The number of benzene rings is 1. The van der Waals surface area contributed by atoms with E-state index in [2.05, 4.69) is 0 Å². The van der Waals surface area contributed by atoms with Crippen LogP contribution in [0.4, 0.5) is 0 Å². The zero-order valence-electron chi connectivity index (χ0n) is 10.5. The van der Waals surface area contributed by atoms with Crippen molar-refractivity contribution < 1.29 is 14.6 Å². The predicted octanol–water partition coefficient (Wildman–Crippen LogP) is 3.07. The molecule has 0 aliphatic heterocycles. The minimum absolute atomic E-state index is 0.267. The third-order valence-corrected chi connectivity index (χ3v) is 3.27. The van der Waals surface area contributed by atoms with Crippen molar-refractivity contribution in [2.24, 2.45) is 0 Å². The van der Waals surface area contributed by atoms with Crippen molar-refractivity contribution in [1.29, 1.82) is 0 Å². The van der Waals surface area contributed by atoms with Crippen molar-refractivity contribution in [3.05, 3.63) is 23.8 Å². The fourth-order valence-electron chi connectivity index (χ4n) is 2.32. The summed E-state index contributed by atoms with van der Waals surface area (Å²) in [5.74, 6) is 1.41. The molecule has 2 rings (SSSR count). The third kappa shape index (κ3) is 2.72. The predicted molar refractivity (Wildman–Crippen MR) is 66.5 cm³/mol. The summed E-state index contributed by atoms with van der Waals surface area (Å²) in [6.07, 6.45) is 4.37. The quantitative estimate of drug-likeness (QED) is 0.873. The lowest BCUT2D eigenvalue weighted by Gasteiger charge is -2.20. The van der Waals surface area contributed by atoms with Crippen LogP contribution in [0.25, 0.3) is 0 Å². The first-order valence-corrected chi connectivity index (χ1v) is 6.24. The summed E-state index contributed by atoms with van der Waals surface area (Å²) in [6.45, 7) is 1.75. The third-order valence-electron chi connectivity index (χ3n) is 3.27. The molecule has 0 amide bonds. The fourth-order valence-corrected chi connectivity index (χ4v) is 2.32. The highest BCUT2D eigenvalue weighted by Crippen LogP contribution is 2.37. The molecule has 0 aromatic heterocycles. The van der Waals surface area contributed by atoms with Crippen LogP contribution in [0.1, 0.15) is 44.3 Å². The lowest BCUT2D eigenvalue weighted by atomic mass is 10.1. The average molecular weight is 236 g/mol. The number of para-hydroxylation sites is 1. The smallest absolute Gasteiger partial charge is 0.167 e. The fraction of sp³-hybridized carbons (Fsp3) is 0.571. The van der Waals surface area contributed by atoms with E-state index in [9.17, 15) is 5.11 Å². The van der Waals surface area contributed by atoms with Crippen molar-refractivity contribution in [3.8, 4) is 11.5 Å². The normalized spacial score (nSPS) is 18.1. The highest BCUT2D eigenvalue weighted by molar-refractivity contribution is 5.47. The molecular weight excluding hydrogens is 216 g/mol. The summed E-state index contributed by atoms with van der Waals surface area (Å²) in [5, 5.41) is 9.76. The Kier molecular flexibility index (Phi) is 3.89. The van der Waals surface area contributed by atoms with E-state index < -0.39 is 6.10 Å². The standard InChI is InChI=1S/C14H20O3/c1-10(15)12-8-5-9-13(16-2)14(12)17-11-6-3-4-7-11/h5,8-11,15H,3-4,6-7H2,1-2H3. The topological polar surface area (TPSA) is 38.7 Å². The van der Waals surface area contributed by atoms with Crippen LogP contribution in [0.5, 0.6) is 11.5 Å². The van der Waals surface area contributed by atoms with Gasteiger partial charge >= 0.3 is 0 Å². The van der Waals surface area contributed by atoms with Gasteiger partial charge in [0.1, 0.15) is 0 Å². The molecule has 1 fully saturated rings. The zero-order chi connectivity index (χ0) is 12.3. The Labute approximate surface area is 102 Å². The first kappa shape index (κ1) is 12.2. The van der Waals surface area contributed by atoms with E-state index >= 15 is 0 Å². The largest absolute Gasteiger partial charge is 0.493 e. The van der Waals surface area contributed by atoms with Gasteiger partial charge in [0.25, 0.3) is 0 Å². The van der Waals surface area contributed by atoms with Gasteiger partial charge in [-0.25, -0.2) is 0 Å². The molecule has 1 atom stereocenters. The first-order valence-electron chi connectivity index (χ1n) is 6.24. The monoisotopic (exact) mass is 236 g/mol. The molecule has 0 radical (unpaired) electrons. The molecule has 3 nitrogen and oxygen atoms in total. The molecule has 17 heavy (non-hydrogen) atoms. The maximum Gasteiger partial charge on any atom is 0.167 e. The van der Waals surface area contributed by atoms with Gasteiger partial charge in [-0.05, 0) is 38.7 Å². The Balaban J connectivity index is 2.27. The maximum atomic E-state index is 9.76. The van der Waals surface area contributed by atoms with Crippen molar-refractivity contribution in [1.82, 2.24) is 0 Å². The van der Waals surface area contributed by atoms with Gasteiger partial charge < -0.3 is 14.6 Å². The Morgan fingerprint density at radius 1 is 1.29 bits per heavy atom. The Hall–Kier alpha value is -1.22. The number of methoxy groups -OCH3 is 1. The Bertz CT molecular complexity index is 368. The second-order valence-corrected chi connectivity index (χ2v) is 4.58. The molecule has 94 valence electrons. The molecule has 1 aromatic carbocycles. The van der Waals surface area contributed by atoms with Crippen LogP contribution in [0.3, 0.4) is 0 Å². The van der Waals surface area contributed by atoms with Crippen molar-refractivity contribution in [2.45, 2.75) is 44.8 Å². The lowest BCUT2D eigenvalue weighted by molar-refractivity contribution is 0.169. The molecule has 1 saturated carbocycles. The van der Waals surface area contributed by atoms with Gasteiger partial charge in [0.05, 0.1) is 19.3 Å². The molecule has 0 bridgehead atoms. The van der Waals surface area contributed by atoms with Gasteiger partial charge in [0, 0.05) is 5.56 Å². The number of ether oxygens (including phenoxy) is 2. The SMILES string of the molecule is COc1cccc(C(C)O)c1OC1CCCC1. The first-order chi connectivity index (χ1) is 8.22. The average Bonchev–Trinajstić information content (AvgIpc) is 2.82.